The van der Waals surface area contributed by atoms with Gasteiger partial charge in [0.2, 0.25) is 0 Å². The molecular weight excluding hydrogens is 674 g/mol. The third-order valence-electron chi connectivity index (χ3n) is 7.83. The van der Waals surface area contributed by atoms with Crippen LogP contribution in [0.25, 0.3) is 22.5 Å². The van der Waals surface area contributed by atoms with E-state index in [0.29, 0.717) is 69.5 Å². The van der Waals surface area contributed by atoms with Crippen molar-refractivity contribution in [1.82, 2.24) is 19.9 Å². The number of anilines is 1. The van der Waals surface area contributed by atoms with E-state index in [2.05, 4.69) is 19.9 Å². The number of nitrogens with two attached hydrogens (primary N) is 1. The fourth-order valence-electron chi connectivity index (χ4n) is 5.34. The Bertz CT molecular complexity index is 2200. The van der Waals surface area contributed by atoms with Crippen molar-refractivity contribution < 1.29 is 32.7 Å². The van der Waals surface area contributed by atoms with Gasteiger partial charge in [-0.05, 0) is 65.7 Å². The molecule has 266 valence electrons. The Kier molecular flexibility index (Phi) is 11.8. The summed E-state index contributed by atoms with van der Waals surface area (Å²) in [7, 11) is 5.92. The SMILES string of the molecule is COc1cc(F)ccc1-c1cc(Cc2ccc(OC)c([N+](=O)[O-])c2)ncn1.COc1ccc(Cc2cc(-c3ccc(F)cc3OC)ncn2)cc1N. The molecule has 0 spiro atoms. The molecule has 4 aromatic carbocycles. The minimum absolute atomic E-state index is 0.107. The number of hydrogen-bond acceptors (Lipinski definition) is 11. The molecule has 0 radical (unpaired) electrons. The van der Waals surface area contributed by atoms with Gasteiger partial charge in [0, 0.05) is 53.6 Å². The molecule has 2 N–H and O–H groups in total. The van der Waals surface area contributed by atoms with Crippen LogP contribution in [-0.4, -0.2) is 53.3 Å². The van der Waals surface area contributed by atoms with E-state index in [1.165, 1.54) is 64.3 Å². The quantitative estimate of drug-likeness (QED) is 0.0820. The molecule has 0 saturated heterocycles. The van der Waals surface area contributed by atoms with Crippen LogP contribution in [0.5, 0.6) is 23.0 Å². The fourth-order valence-corrected chi connectivity index (χ4v) is 5.34. The molecule has 0 amide bonds. The predicted octanol–water partition coefficient (Wildman–Crippen LogP) is 7.27. The first-order chi connectivity index (χ1) is 25.1. The summed E-state index contributed by atoms with van der Waals surface area (Å²) in [5.74, 6) is 0.864. The molecule has 52 heavy (non-hydrogen) atoms. The molecule has 0 fully saturated rings. The lowest BCUT2D eigenvalue weighted by Gasteiger charge is -2.10. The van der Waals surface area contributed by atoms with Crippen LogP contribution in [0.1, 0.15) is 22.5 Å². The number of nitro benzene ring substituents is 1. The predicted molar refractivity (Wildman–Crippen MR) is 191 cm³/mol. The molecule has 0 saturated carbocycles. The van der Waals surface area contributed by atoms with Gasteiger partial charge in [-0.25, -0.2) is 28.7 Å². The Balaban J connectivity index is 0.000000202. The van der Waals surface area contributed by atoms with Crippen LogP contribution in [-0.2, 0) is 12.8 Å². The van der Waals surface area contributed by atoms with Crippen LogP contribution >= 0.6 is 0 Å². The van der Waals surface area contributed by atoms with Crippen LogP contribution in [0.15, 0.2) is 97.6 Å². The standard InChI is InChI=1S/C19H16FN3O4.C19H18FN3O2/c1-26-18-6-3-12(8-17(18)23(24)25)7-14-10-16(22-11-21-14)15-5-4-13(20)9-19(15)27-2;1-24-18-6-3-12(8-16(18)21)7-14-10-17(23-11-22-14)15-5-4-13(20)9-19(15)25-2/h3-6,8-11H,7H2,1-2H3;3-6,8-11H,7,21H2,1-2H3. The minimum atomic E-state index is -0.489. The van der Waals surface area contributed by atoms with E-state index >= 15 is 0 Å². The molecule has 0 aliphatic heterocycles. The summed E-state index contributed by atoms with van der Waals surface area (Å²) in [6.45, 7) is 0. The number of hydrogen-bond donors (Lipinski definition) is 1. The van der Waals surface area contributed by atoms with E-state index in [4.69, 9.17) is 24.7 Å². The number of aromatic nitrogens is 4. The molecule has 6 aromatic rings. The molecule has 2 heterocycles. The van der Waals surface area contributed by atoms with Crippen molar-refractivity contribution in [3.05, 3.63) is 142 Å². The summed E-state index contributed by atoms with van der Waals surface area (Å²) >= 11 is 0. The van der Waals surface area contributed by atoms with E-state index in [-0.39, 0.29) is 17.3 Å². The van der Waals surface area contributed by atoms with Crippen LogP contribution < -0.4 is 24.7 Å². The Hall–Kier alpha value is -6.70. The number of benzene rings is 4. The second-order valence-electron chi connectivity index (χ2n) is 11.2. The van der Waals surface area contributed by atoms with Crippen molar-refractivity contribution in [2.45, 2.75) is 12.8 Å². The highest BCUT2D eigenvalue weighted by molar-refractivity contribution is 5.68. The first kappa shape index (κ1) is 36.6. The topological polar surface area (TPSA) is 158 Å². The molecule has 0 bridgehead atoms. The fraction of sp³-hybridized carbons (Fsp3) is 0.158. The Morgan fingerprint density at radius 1 is 0.596 bits per heavy atom. The number of nitro groups is 1. The maximum atomic E-state index is 13.4. The van der Waals surface area contributed by atoms with E-state index in [0.717, 1.165) is 11.3 Å². The van der Waals surface area contributed by atoms with Gasteiger partial charge in [0.05, 0.1) is 50.4 Å². The summed E-state index contributed by atoms with van der Waals surface area (Å²) < 4.78 is 47.4. The first-order valence-electron chi connectivity index (χ1n) is 15.7. The molecule has 0 aliphatic carbocycles. The lowest BCUT2D eigenvalue weighted by molar-refractivity contribution is -0.385. The van der Waals surface area contributed by atoms with Gasteiger partial charge in [0.25, 0.3) is 0 Å². The van der Waals surface area contributed by atoms with Crippen molar-refractivity contribution in [1.29, 1.82) is 0 Å². The number of halogens is 2. The second kappa shape index (κ2) is 16.8. The van der Waals surface area contributed by atoms with Gasteiger partial charge in [-0.1, -0.05) is 12.1 Å². The summed E-state index contributed by atoms with van der Waals surface area (Å²) in [5, 5.41) is 11.2. The number of ether oxygens (including phenoxy) is 4. The molecular formula is C38H34F2N6O6. The van der Waals surface area contributed by atoms with Gasteiger partial charge in [-0.15, -0.1) is 0 Å². The Morgan fingerprint density at radius 2 is 1.06 bits per heavy atom. The first-order valence-corrected chi connectivity index (χ1v) is 15.7. The lowest BCUT2D eigenvalue weighted by atomic mass is 10.1. The van der Waals surface area contributed by atoms with Gasteiger partial charge in [0.15, 0.2) is 5.75 Å². The van der Waals surface area contributed by atoms with E-state index in [9.17, 15) is 18.9 Å². The average molecular weight is 709 g/mol. The zero-order valence-electron chi connectivity index (χ0n) is 28.7. The molecule has 0 atom stereocenters. The number of nitrogens with zero attached hydrogens (tertiary/aromatic N) is 5. The monoisotopic (exact) mass is 708 g/mol. The molecule has 6 rings (SSSR count). The van der Waals surface area contributed by atoms with Gasteiger partial charge in [0.1, 0.15) is 41.5 Å². The smallest absolute Gasteiger partial charge is 0.311 e. The Labute approximate surface area is 298 Å². The summed E-state index contributed by atoms with van der Waals surface area (Å²) in [6.07, 6.45) is 3.84. The van der Waals surface area contributed by atoms with Crippen molar-refractivity contribution in [3.63, 3.8) is 0 Å². The van der Waals surface area contributed by atoms with Crippen molar-refractivity contribution in [2.24, 2.45) is 0 Å². The molecule has 14 heteroatoms. The van der Waals surface area contributed by atoms with Crippen LogP contribution in [0.4, 0.5) is 20.2 Å². The number of rotatable bonds is 11. The molecule has 2 aromatic heterocycles. The third-order valence-corrected chi connectivity index (χ3v) is 7.83. The van der Waals surface area contributed by atoms with E-state index in [1.807, 2.05) is 24.3 Å². The van der Waals surface area contributed by atoms with Gasteiger partial charge < -0.3 is 24.7 Å². The third kappa shape index (κ3) is 8.90. The maximum absolute atomic E-state index is 13.4. The highest BCUT2D eigenvalue weighted by Crippen LogP contribution is 2.32. The molecule has 0 unspecified atom stereocenters. The maximum Gasteiger partial charge on any atom is 0.311 e. The summed E-state index contributed by atoms with van der Waals surface area (Å²) in [6, 6.07) is 22.5. The summed E-state index contributed by atoms with van der Waals surface area (Å²) in [5.41, 5.74) is 12.2. The van der Waals surface area contributed by atoms with Gasteiger partial charge in [-0.3, -0.25) is 10.1 Å². The zero-order valence-corrected chi connectivity index (χ0v) is 28.7. The van der Waals surface area contributed by atoms with Crippen LogP contribution in [0, 0.1) is 21.7 Å². The largest absolute Gasteiger partial charge is 0.496 e. The normalized spacial score (nSPS) is 10.5. The number of nitrogen functional groups attached to an aromatic ring is 1. The highest BCUT2D eigenvalue weighted by atomic mass is 19.1. The van der Waals surface area contributed by atoms with Gasteiger partial charge >= 0.3 is 5.69 Å². The summed E-state index contributed by atoms with van der Waals surface area (Å²) in [4.78, 5) is 27.7. The van der Waals surface area contributed by atoms with Crippen LogP contribution in [0.2, 0.25) is 0 Å². The average Bonchev–Trinajstić information content (AvgIpc) is 3.15. The highest BCUT2D eigenvalue weighted by Gasteiger charge is 2.16. The van der Waals surface area contributed by atoms with Crippen molar-refractivity contribution in [2.75, 3.05) is 34.2 Å². The van der Waals surface area contributed by atoms with E-state index in [1.54, 1.807) is 37.4 Å². The van der Waals surface area contributed by atoms with E-state index < -0.39 is 10.7 Å². The zero-order chi connectivity index (χ0) is 37.2. The second-order valence-corrected chi connectivity index (χ2v) is 11.2. The van der Waals surface area contributed by atoms with Gasteiger partial charge in [-0.2, -0.15) is 0 Å². The van der Waals surface area contributed by atoms with Crippen molar-refractivity contribution >= 4 is 11.4 Å². The van der Waals surface area contributed by atoms with Crippen LogP contribution in [0.3, 0.4) is 0 Å². The number of methoxy groups -OCH3 is 4. The Morgan fingerprint density at radius 3 is 1.50 bits per heavy atom. The lowest BCUT2D eigenvalue weighted by Crippen LogP contribution is -1.99. The van der Waals surface area contributed by atoms with Crippen molar-refractivity contribution in [3.8, 4) is 45.5 Å². The minimum Gasteiger partial charge on any atom is -0.496 e. The molecule has 12 nitrogen and oxygen atoms in total. The molecule has 0 aliphatic rings.